The molecule has 0 spiro atoms. The number of carbonyl (C=O) groups is 1. The van der Waals surface area contributed by atoms with E-state index in [9.17, 15) is 9.59 Å². The first-order valence-electron chi connectivity index (χ1n) is 8.52. The van der Waals surface area contributed by atoms with Gasteiger partial charge in [0.25, 0.3) is 5.56 Å². The van der Waals surface area contributed by atoms with E-state index >= 15 is 0 Å². The van der Waals surface area contributed by atoms with Crippen LogP contribution in [0.15, 0.2) is 38.8 Å². The fraction of sp³-hybridized carbons (Fsp3) is 0.389. The number of thioether (sulfide) groups is 1. The highest BCUT2D eigenvalue weighted by molar-refractivity contribution is 7.99. The lowest BCUT2D eigenvalue weighted by Crippen LogP contribution is -2.33. The lowest BCUT2D eigenvalue weighted by atomic mass is 10.3. The van der Waals surface area contributed by atoms with Gasteiger partial charge in [0.05, 0.1) is 24.1 Å². The van der Waals surface area contributed by atoms with Crippen LogP contribution in [0.1, 0.15) is 31.7 Å². The number of carbonyl (C=O) groups excluding carboxylic acids is 1. The smallest absolute Gasteiger partial charge is 0.278 e. The van der Waals surface area contributed by atoms with Gasteiger partial charge in [-0.05, 0) is 38.5 Å². The molecule has 0 saturated carbocycles. The number of H-pyrrole nitrogens is 1. The number of nitrogens with zero attached hydrogens (tertiary/aromatic N) is 2. The molecule has 26 heavy (non-hydrogen) atoms. The van der Waals surface area contributed by atoms with E-state index in [0.717, 1.165) is 12.1 Å². The van der Waals surface area contributed by atoms with Gasteiger partial charge in [-0.2, -0.15) is 0 Å². The molecule has 1 amide bonds. The van der Waals surface area contributed by atoms with Crippen molar-refractivity contribution in [3.05, 3.63) is 46.3 Å². The molecule has 1 unspecified atom stereocenters. The Morgan fingerprint density at radius 3 is 3.00 bits per heavy atom. The number of furan rings is 1. The molecule has 3 aromatic rings. The van der Waals surface area contributed by atoms with Gasteiger partial charge in [0.1, 0.15) is 11.3 Å². The molecule has 8 heteroatoms. The lowest BCUT2D eigenvalue weighted by molar-refractivity contribution is -0.119. The number of aromatic amines is 1. The molecule has 0 bridgehead atoms. The Bertz CT molecular complexity index is 959. The molecule has 0 radical (unpaired) electrons. The molecule has 3 heterocycles. The van der Waals surface area contributed by atoms with Gasteiger partial charge in [-0.3, -0.25) is 14.2 Å². The van der Waals surface area contributed by atoms with E-state index in [2.05, 4.69) is 15.3 Å². The topological polar surface area (TPSA) is 92.9 Å². The molecular formula is C18H22N4O3S. The number of amides is 1. The van der Waals surface area contributed by atoms with Crippen molar-refractivity contribution < 1.29 is 9.21 Å². The van der Waals surface area contributed by atoms with Gasteiger partial charge < -0.3 is 14.7 Å². The number of nitrogens with one attached hydrogen (secondary N) is 2. The largest absolute Gasteiger partial charge is 0.467 e. The predicted molar refractivity (Wildman–Crippen MR) is 102 cm³/mol. The molecule has 2 N–H and O–H groups in total. The Hall–Kier alpha value is -2.48. The second kappa shape index (κ2) is 7.82. The summed E-state index contributed by atoms with van der Waals surface area (Å²) in [5, 5.41) is 3.42. The van der Waals surface area contributed by atoms with Crippen molar-refractivity contribution in [2.45, 2.75) is 44.9 Å². The Morgan fingerprint density at radius 1 is 1.50 bits per heavy atom. The van der Waals surface area contributed by atoms with E-state index < -0.39 is 0 Å². The molecule has 0 aliphatic carbocycles. The van der Waals surface area contributed by atoms with E-state index in [-0.39, 0.29) is 29.8 Å². The van der Waals surface area contributed by atoms with Crippen LogP contribution in [0, 0.1) is 6.92 Å². The Balaban J connectivity index is 1.91. The standard InChI is InChI=1S/C18H22N4O3S/c1-4-11(2)19-15(23)10-26-18-21-14-8-12(3)20-16(14)17(24)22(18)9-13-6-5-7-25-13/h5-8,11,20H,4,9-10H2,1-3H3,(H,19,23). The zero-order valence-corrected chi connectivity index (χ0v) is 15.9. The van der Waals surface area contributed by atoms with Crippen molar-refractivity contribution in [3.63, 3.8) is 0 Å². The van der Waals surface area contributed by atoms with Crippen molar-refractivity contribution in [3.8, 4) is 0 Å². The summed E-state index contributed by atoms with van der Waals surface area (Å²) < 4.78 is 6.91. The summed E-state index contributed by atoms with van der Waals surface area (Å²) in [4.78, 5) is 32.6. The van der Waals surface area contributed by atoms with Gasteiger partial charge in [-0.15, -0.1) is 0 Å². The Labute approximate surface area is 155 Å². The quantitative estimate of drug-likeness (QED) is 0.490. The van der Waals surface area contributed by atoms with E-state index in [1.165, 1.54) is 16.3 Å². The van der Waals surface area contributed by atoms with Crippen LogP contribution in [-0.4, -0.2) is 32.2 Å². The third kappa shape index (κ3) is 4.01. The predicted octanol–water partition coefficient (Wildman–Crippen LogP) is 2.68. The first kappa shape index (κ1) is 18.3. The average Bonchev–Trinajstić information content (AvgIpc) is 3.24. The first-order valence-corrected chi connectivity index (χ1v) is 9.51. The second-order valence-corrected chi connectivity index (χ2v) is 7.19. The summed E-state index contributed by atoms with van der Waals surface area (Å²) in [5.41, 5.74) is 1.76. The summed E-state index contributed by atoms with van der Waals surface area (Å²) in [5.74, 6) is 0.778. The number of fused-ring (bicyclic) bond motifs is 1. The molecule has 7 nitrogen and oxygen atoms in total. The lowest BCUT2D eigenvalue weighted by Gasteiger charge is -2.13. The first-order chi connectivity index (χ1) is 12.5. The zero-order valence-electron chi connectivity index (χ0n) is 15.0. The van der Waals surface area contributed by atoms with E-state index in [4.69, 9.17) is 4.42 Å². The number of rotatable bonds is 7. The van der Waals surface area contributed by atoms with E-state index in [1.807, 2.05) is 26.8 Å². The van der Waals surface area contributed by atoms with Gasteiger partial charge in [0, 0.05) is 11.7 Å². The van der Waals surface area contributed by atoms with Crippen LogP contribution >= 0.6 is 11.8 Å². The van der Waals surface area contributed by atoms with Crippen LogP contribution < -0.4 is 10.9 Å². The zero-order chi connectivity index (χ0) is 18.7. The van der Waals surface area contributed by atoms with Crippen LogP contribution in [0.3, 0.4) is 0 Å². The third-order valence-corrected chi connectivity index (χ3v) is 5.06. The molecule has 0 aliphatic rings. The molecular weight excluding hydrogens is 352 g/mol. The maximum absolute atomic E-state index is 12.9. The molecule has 0 aromatic carbocycles. The minimum atomic E-state index is -0.177. The molecule has 0 fully saturated rings. The number of hydrogen-bond acceptors (Lipinski definition) is 5. The average molecular weight is 374 g/mol. The highest BCUT2D eigenvalue weighted by atomic mass is 32.2. The van der Waals surface area contributed by atoms with Crippen molar-refractivity contribution in [2.24, 2.45) is 0 Å². The van der Waals surface area contributed by atoms with Crippen LogP contribution in [0.5, 0.6) is 0 Å². The van der Waals surface area contributed by atoms with Gasteiger partial charge in [0.2, 0.25) is 5.91 Å². The number of hydrogen-bond donors (Lipinski definition) is 2. The van der Waals surface area contributed by atoms with E-state index in [1.54, 1.807) is 18.4 Å². The maximum Gasteiger partial charge on any atom is 0.278 e. The van der Waals surface area contributed by atoms with Crippen molar-refractivity contribution >= 4 is 28.7 Å². The second-order valence-electron chi connectivity index (χ2n) is 6.24. The number of aryl methyl sites for hydroxylation is 1. The molecule has 3 rings (SSSR count). The molecule has 0 aliphatic heterocycles. The minimum Gasteiger partial charge on any atom is -0.467 e. The van der Waals surface area contributed by atoms with Crippen molar-refractivity contribution in [1.82, 2.24) is 19.9 Å². The highest BCUT2D eigenvalue weighted by Crippen LogP contribution is 2.19. The summed E-state index contributed by atoms with van der Waals surface area (Å²) in [6, 6.07) is 5.53. The van der Waals surface area contributed by atoms with Gasteiger partial charge >= 0.3 is 0 Å². The summed E-state index contributed by atoms with van der Waals surface area (Å²) in [6.45, 7) is 6.12. The fourth-order valence-electron chi connectivity index (χ4n) is 2.57. The number of aromatic nitrogens is 3. The van der Waals surface area contributed by atoms with Crippen LogP contribution in [-0.2, 0) is 11.3 Å². The van der Waals surface area contributed by atoms with E-state index in [0.29, 0.717) is 22.0 Å². The van der Waals surface area contributed by atoms with Crippen LogP contribution in [0.4, 0.5) is 0 Å². The van der Waals surface area contributed by atoms with Crippen molar-refractivity contribution in [1.29, 1.82) is 0 Å². The normalized spacial score (nSPS) is 12.4. The maximum atomic E-state index is 12.9. The minimum absolute atomic E-state index is 0.0755. The molecule has 3 aromatic heterocycles. The third-order valence-electron chi connectivity index (χ3n) is 4.08. The van der Waals surface area contributed by atoms with Gasteiger partial charge in [-0.25, -0.2) is 4.98 Å². The Kier molecular flexibility index (Phi) is 5.51. The van der Waals surface area contributed by atoms with Crippen LogP contribution in [0.2, 0.25) is 0 Å². The van der Waals surface area contributed by atoms with Crippen molar-refractivity contribution in [2.75, 3.05) is 5.75 Å². The molecule has 138 valence electrons. The Morgan fingerprint density at radius 2 is 2.31 bits per heavy atom. The molecule has 1 atom stereocenters. The van der Waals surface area contributed by atoms with Crippen LogP contribution in [0.25, 0.3) is 11.0 Å². The molecule has 0 saturated heterocycles. The fourth-order valence-corrected chi connectivity index (χ4v) is 3.38. The van der Waals surface area contributed by atoms with Gasteiger partial charge in [-0.1, -0.05) is 18.7 Å². The summed E-state index contributed by atoms with van der Waals surface area (Å²) in [7, 11) is 0. The SMILES string of the molecule is CCC(C)NC(=O)CSc1nc2cc(C)[nH]c2c(=O)n1Cc1ccco1. The summed E-state index contributed by atoms with van der Waals surface area (Å²) >= 11 is 1.25. The monoisotopic (exact) mass is 374 g/mol. The summed E-state index contributed by atoms with van der Waals surface area (Å²) in [6.07, 6.45) is 2.43. The highest BCUT2D eigenvalue weighted by Gasteiger charge is 2.16. The van der Waals surface area contributed by atoms with Gasteiger partial charge in [0.15, 0.2) is 5.16 Å².